The first-order valence-electron chi connectivity index (χ1n) is 6.13. The van der Waals surface area contributed by atoms with Gasteiger partial charge in [0.25, 0.3) is 0 Å². The standard InChI is InChI=1S/C14H17N3OS.2ClH/c1-10-16-8-12(19-10)9-17-14(18)13(15)7-11-5-3-2-4-6-11;;/h2-6,8,13H,7,9,15H2,1H3,(H,17,18);2*1H. The minimum atomic E-state index is -0.517. The summed E-state index contributed by atoms with van der Waals surface area (Å²) in [6.07, 6.45) is 2.33. The van der Waals surface area contributed by atoms with E-state index in [4.69, 9.17) is 5.73 Å². The van der Waals surface area contributed by atoms with E-state index in [0.29, 0.717) is 13.0 Å². The van der Waals surface area contributed by atoms with Crippen LogP contribution in [0.5, 0.6) is 0 Å². The molecular formula is C14H19Cl2N3OS. The molecule has 1 aromatic carbocycles. The summed E-state index contributed by atoms with van der Waals surface area (Å²) in [6, 6.07) is 9.26. The summed E-state index contributed by atoms with van der Waals surface area (Å²) in [4.78, 5) is 17.1. The van der Waals surface area contributed by atoms with E-state index in [-0.39, 0.29) is 30.7 Å². The molecule has 1 aromatic heterocycles. The topological polar surface area (TPSA) is 68.0 Å². The highest BCUT2D eigenvalue weighted by Crippen LogP contribution is 2.10. The molecule has 1 unspecified atom stereocenters. The highest BCUT2D eigenvalue weighted by atomic mass is 35.5. The molecule has 0 radical (unpaired) electrons. The molecule has 0 saturated carbocycles. The summed E-state index contributed by atoms with van der Waals surface area (Å²) in [6.45, 7) is 2.43. The first kappa shape index (κ1) is 19.9. The zero-order chi connectivity index (χ0) is 13.7. The first-order chi connectivity index (χ1) is 9.15. The summed E-state index contributed by atoms with van der Waals surface area (Å²) in [7, 11) is 0. The van der Waals surface area contributed by atoms with Gasteiger partial charge in [-0.25, -0.2) is 4.98 Å². The van der Waals surface area contributed by atoms with Gasteiger partial charge in [-0.15, -0.1) is 36.2 Å². The lowest BCUT2D eigenvalue weighted by Gasteiger charge is -2.11. The van der Waals surface area contributed by atoms with Crippen LogP contribution in [-0.2, 0) is 17.8 Å². The molecule has 0 aliphatic heterocycles. The van der Waals surface area contributed by atoms with Gasteiger partial charge in [-0.05, 0) is 18.9 Å². The highest BCUT2D eigenvalue weighted by molar-refractivity contribution is 7.11. The van der Waals surface area contributed by atoms with Crippen molar-refractivity contribution in [2.24, 2.45) is 5.73 Å². The van der Waals surface area contributed by atoms with Gasteiger partial charge in [-0.1, -0.05) is 30.3 Å². The van der Waals surface area contributed by atoms with Gasteiger partial charge in [0.2, 0.25) is 5.91 Å². The molecule has 1 amide bonds. The Balaban J connectivity index is 0.00000200. The number of hydrogen-bond donors (Lipinski definition) is 2. The lowest BCUT2D eigenvalue weighted by Crippen LogP contribution is -2.41. The molecule has 2 rings (SSSR count). The summed E-state index contributed by atoms with van der Waals surface area (Å²) >= 11 is 1.58. The van der Waals surface area contributed by atoms with Crippen molar-refractivity contribution in [3.8, 4) is 0 Å². The number of rotatable bonds is 5. The zero-order valence-electron chi connectivity index (χ0n) is 11.6. The molecule has 4 nitrogen and oxygen atoms in total. The van der Waals surface area contributed by atoms with E-state index >= 15 is 0 Å². The number of aryl methyl sites for hydroxylation is 1. The molecule has 3 N–H and O–H groups in total. The van der Waals surface area contributed by atoms with E-state index in [1.54, 1.807) is 17.5 Å². The number of thiazole rings is 1. The van der Waals surface area contributed by atoms with Crippen LogP contribution < -0.4 is 11.1 Å². The Morgan fingerprint density at radius 2 is 2.00 bits per heavy atom. The van der Waals surface area contributed by atoms with E-state index in [1.807, 2.05) is 37.3 Å². The van der Waals surface area contributed by atoms with Gasteiger partial charge in [-0.2, -0.15) is 0 Å². The van der Waals surface area contributed by atoms with E-state index < -0.39 is 6.04 Å². The molecular weight excluding hydrogens is 329 g/mol. The molecule has 7 heteroatoms. The number of nitrogens with two attached hydrogens (primary N) is 1. The van der Waals surface area contributed by atoms with Crippen LogP contribution >= 0.6 is 36.2 Å². The Hall–Kier alpha value is -1.14. The highest BCUT2D eigenvalue weighted by Gasteiger charge is 2.13. The molecule has 0 fully saturated rings. The number of hydrogen-bond acceptors (Lipinski definition) is 4. The molecule has 1 heterocycles. The minimum absolute atomic E-state index is 0. The van der Waals surface area contributed by atoms with Crippen molar-refractivity contribution >= 4 is 42.1 Å². The molecule has 1 atom stereocenters. The van der Waals surface area contributed by atoms with Crippen molar-refractivity contribution in [2.75, 3.05) is 0 Å². The summed E-state index contributed by atoms with van der Waals surface area (Å²) in [5, 5.41) is 3.84. The normalized spacial score (nSPS) is 11.0. The van der Waals surface area contributed by atoms with Crippen LogP contribution in [-0.4, -0.2) is 16.9 Å². The molecule has 0 saturated heterocycles. The maximum Gasteiger partial charge on any atom is 0.237 e. The van der Waals surface area contributed by atoms with Gasteiger partial charge < -0.3 is 11.1 Å². The fraction of sp³-hybridized carbons (Fsp3) is 0.286. The molecule has 2 aromatic rings. The number of aromatic nitrogens is 1. The molecule has 0 aliphatic rings. The van der Waals surface area contributed by atoms with Crippen LogP contribution in [0.4, 0.5) is 0 Å². The van der Waals surface area contributed by atoms with Crippen molar-refractivity contribution in [2.45, 2.75) is 25.9 Å². The second-order valence-corrected chi connectivity index (χ2v) is 5.68. The van der Waals surface area contributed by atoms with Crippen LogP contribution in [0.2, 0.25) is 0 Å². The molecule has 0 aliphatic carbocycles. The fourth-order valence-electron chi connectivity index (χ4n) is 1.75. The molecule has 0 spiro atoms. The molecule has 116 valence electrons. The number of nitrogens with one attached hydrogen (secondary N) is 1. The van der Waals surface area contributed by atoms with Crippen molar-refractivity contribution in [3.05, 3.63) is 52.0 Å². The number of nitrogens with zero attached hydrogens (tertiary/aromatic N) is 1. The quantitative estimate of drug-likeness (QED) is 0.872. The van der Waals surface area contributed by atoms with Gasteiger partial charge in [0.15, 0.2) is 0 Å². The van der Waals surface area contributed by atoms with Crippen LogP contribution in [0, 0.1) is 6.92 Å². The van der Waals surface area contributed by atoms with E-state index in [9.17, 15) is 4.79 Å². The number of halogens is 2. The number of benzene rings is 1. The largest absolute Gasteiger partial charge is 0.350 e. The van der Waals surface area contributed by atoms with Crippen molar-refractivity contribution in [1.29, 1.82) is 0 Å². The predicted octanol–water partition coefficient (Wildman–Crippen LogP) is 2.48. The van der Waals surface area contributed by atoms with Gasteiger partial charge in [0, 0.05) is 11.1 Å². The summed E-state index contributed by atoms with van der Waals surface area (Å²) in [5.41, 5.74) is 6.96. The second kappa shape index (κ2) is 9.73. The maximum absolute atomic E-state index is 11.9. The first-order valence-corrected chi connectivity index (χ1v) is 6.95. The van der Waals surface area contributed by atoms with Gasteiger partial charge in [-0.3, -0.25) is 4.79 Å². The van der Waals surface area contributed by atoms with Crippen LogP contribution in [0.25, 0.3) is 0 Å². The van der Waals surface area contributed by atoms with Crippen molar-refractivity contribution in [1.82, 2.24) is 10.3 Å². The third-order valence-corrected chi connectivity index (χ3v) is 3.65. The minimum Gasteiger partial charge on any atom is -0.350 e. The average molecular weight is 348 g/mol. The van der Waals surface area contributed by atoms with Crippen LogP contribution in [0.15, 0.2) is 36.5 Å². The lowest BCUT2D eigenvalue weighted by atomic mass is 10.1. The summed E-state index contributed by atoms with van der Waals surface area (Å²) < 4.78 is 0. The van der Waals surface area contributed by atoms with Crippen molar-refractivity contribution in [3.63, 3.8) is 0 Å². The van der Waals surface area contributed by atoms with E-state index in [2.05, 4.69) is 10.3 Å². The predicted molar refractivity (Wildman–Crippen MR) is 91.3 cm³/mol. The van der Waals surface area contributed by atoms with Gasteiger partial charge >= 0.3 is 0 Å². The van der Waals surface area contributed by atoms with Gasteiger partial charge in [0.05, 0.1) is 17.6 Å². The monoisotopic (exact) mass is 347 g/mol. The van der Waals surface area contributed by atoms with Crippen LogP contribution in [0.3, 0.4) is 0 Å². The Morgan fingerprint density at radius 3 is 2.57 bits per heavy atom. The van der Waals surface area contributed by atoms with Crippen molar-refractivity contribution < 1.29 is 4.79 Å². The maximum atomic E-state index is 11.9. The average Bonchev–Trinajstić information content (AvgIpc) is 2.83. The fourth-order valence-corrected chi connectivity index (χ4v) is 2.49. The number of carbonyl (C=O) groups excluding carboxylic acids is 1. The smallest absolute Gasteiger partial charge is 0.237 e. The Bertz CT molecular complexity index is 548. The van der Waals surface area contributed by atoms with E-state index in [0.717, 1.165) is 15.4 Å². The Kier molecular flexibility index (Phi) is 9.21. The SMILES string of the molecule is Cc1ncc(CNC(=O)C(N)Cc2ccccc2)s1.Cl.Cl. The summed E-state index contributed by atoms with van der Waals surface area (Å²) in [5.74, 6) is -0.130. The molecule has 21 heavy (non-hydrogen) atoms. The third kappa shape index (κ3) is 6.44. The number of amides is 1. The van der Waals surface area contributed by atoms with Crippen LogP contribution in [0.1, 0.15) is 15.4 Å². The lowest BCUT2D eigenvalue weighted by molar-refractivity contribution is -0.122. The van der Waals surface area contributed by atoms with E-state index in [1.165, 1.54) is 0 Å². The second-order valence-electron chi connectivity index (χ2n) is 4.36. The number of carbonyl (C=O) groups is 1. The zero-order valence-corrected chi connectivity index (χ0v) is 14.1. The Morgan fingerprint density at radius 1 is 1.33 bits per heavy atom. The third-order valence-electron chi connectivity index (χ3n) is 2.74. The molecule has 0 bridgehead atoms. The van der Waals surface area contributed by atoms with Gasteiger partial charge in [0.1, 0.15) is 0 Å². The Labute approximate surface area is 141 Å².